The van der Waals surface area contributed by atoms with E-state index in [9.17, 15) is 19.0 Å². The summed E-state index contributed by atoms with van der Waals surface area (Å²) in [5.74, 6) is -0.826. The highest BCUT2D eigenvalue weighted by atomic mass is 31.2. The molecule has 1 N–H and O–H groups in total. The maximum atomic E-state index is 12.9. The van der Waals surface area contributed by atoms with Crippen molar-refractivity contribution in [3.05, 3.63) is 146 Å². The Balaban J connectivity index is 4.20. The lowest BCUT2D eigenvalue weighted by molar-refractivity contribution is -0.870. The number of likely N-dealkylation sites (N-methyl/N-ethyl adjacent to an activating group) is 1. The van der Waals surface area contributed by atoms with Crippen molar-refractivity contribution in [2.24, 2.45) is 0 Å². The van der Waals surface area contributed by atoms with E-state index in [4.69, 9.17) is 18.5 Å². The Labute approximate surface area is 503 Å². The predicted molar refractivity (Wildman–Crippen MR) is 353 cm³/mol. The van der Waals surface area contributed by atoms with Gasteiger partial charge < -0.3 is 18.9 Å². The number of ether oxygens (including phenoxy) is 2. The molecule has 466 valence electrons. The zero-order valence-electron chi connectivity index (χ0n) is 52.9. The molecule has 0 spiro atoms. The molecule has 82 heavy (non-hydrogen) atoms. The number of esters is 2. The van der Waals surface area contributed by atoms with Crippen LogP contribution < -0.4 is 0 Å². The summed E-state index contributed by atoms with van der Waals surface area (Å²) >= 11 is 0. The molecule has 9 nitrogen and oxygen atoms in total. The normalized spacial score (nSPS) is 14.2. The molecular weight excluding hydrogens is 1040 g/mol. The van der Waals surface area contributed by atoms with Crippen LogP contribution in [0.15, 0.2) is 146 Å². The van der Waals surface area contributed by atoms with Crippen molar-refractivity contribution in [1.82, 2.24) is 0 Å². The van der Waals surface area contributed by atoms with Gasteiger partial charge in [0.25, 0.3) is 0 Å². The van der Waals surface area contributed by atoms with Crippen LogP contribution in [0.25, 0.3) is 0 Å². The highest BCUT2D eigenvalue weighted by molar-refractivity contribution is 7.47. The minimum absolute atomic E-state index is 0.0201. The van der Waals surface area contributed by atoms with Gasteiger partial charge in [0.1, 0.15) is 19.8 Å². The Morgan fingerprint density at radius 1 is 0.390 bits per heavy atom. The van der Waals surface area contributed by atoms with E-state index in [-0.39, 0.29) is 32.0 Å². The quantitative estimate of drug-likeness (QED) is 0.0211. The largest absolute Gasteiger partial charge is 0.472 e. The smallest absolute Gasteiger partial charge is 0.462 e. The van der Waals surface area contributed by atoms with E-state index < -0.39 is 26.5 Å². The van der Waals surface area contributed by atoms with Crippen LogP contribution in [-0.2, 0) is 32.7 Å². The second-order valence-electron chi connectivity index (χ2n) is 22.4. The van der Waals surface area contributed by atoms with Crippen LogP contribution in [0.1, 0.15) is 245 Å². The van der Waals surface area contributed by atoms with E-state index in [1.165, 1.54) is 83.5 Å². The third kappa shape index (κ3) is 65.0. The van der Waals surface area contributed by atoms with E-state index in [0.717, 1.165) is 128 Å². The molecule has 0 rings (SSSR count). The van der Waals surface area contributed by atoms with Crippen molar-refractivity contribution in [3.8, 4) is 0 Å². The molecule has 0 saturated carbocycles. The number of carbonyl (C=O) groups is 2. The van der Waals surface area contributed by atoms with Gasteiger partial charge in [-0.15, -0.1) is 0 Å². The third-order valence-corrected chi connectivity index (χ3v) is 14.3. The van der Waals surface area contributed by atoms with Crippen LogP contribution in [-0.4, -0.2) is 74.9 Å². The van der Waals surface area contributed by atoms with Crippen LogP contribution in [0.5, 0.6) is 0 Å². The third-order valence-electron chi connectivity index (χ3n) is 13.4. The molecular formula is C72H121NO8P+. The molecule has 0 amide bonds. The zero-order valence-corrected chi connectivity index (χ0v) is 53.8. The van der Waals surface area contributed by atoms with Gasteiger partial charge >= 0.3 is 19.8 Å². The van der Waals surface area contributed by atoms with E-state index in [2.05, 4.69) is 160 Å². The number of hydrogen-bond acceptors (Lipinski definition) is 7. The maximum absolute atomic E-state index is 12.9. The molecule has 0 fully saturated rings. The fourth-order valence-electron chi connectivity index (χ4n) is 8.37. The van der Waals surface area contributed by atoms with Crippen LogP contribution in [0, 0.1) is 0 Å². The first-order chi connectivity index (χ1) is 40.0. The SMILES string of the molecule is CC/C=C\C/C=C\C/C=C\C/C=C\C/C=C\C/C=C\C/C=C\C/C=C\C/C=C\CCCCCCCCCC(=O)OC(COC(=O)CCCCCCCCCC/C=C\C/C=C\C/C=C\CCCCCCC)COP(=O)(O)OCC[N+](C)(C)C. The fraction of sp³-hybridized carbons (Fsp3) is 0.639. The maximum Gasteiger partial charge on any atom is 0.472 e. The van der Waals surface area contributed by atoms with Crippen molar-refractivity contribution in [1.29, 1.82) is 0 Å². The number of carbonyl (C=O) groups excluding carboxylic acids is 2. The Hall–Kier alpha value is -4.11. The van der Waals surface area contributed by atoms with Gasteiger partial charge in [0, 0.05) is 12.8 Å². The van der Waals surface area contributed by atoms with Crippen LogP contribution >= 0.6 is 7.82 Å². The van der Waals surface area contributed by atoms with Gasteiger partial charge in [0.05, 0.1) is 27.7 Å². The summed E-state index contributed by atoms with van der Waals surface area (Å²) in [7, 11) is 1.45. The number of allylic oxidation sites excluding steroid dienone is 24. The second-order valence-corrected chi connectivity index (χ2v) is 23.9. The van der Waals surface area contributed by atoms with E-state index >= 15 is 0 Å². The molecule has 0 aliphatic rings. The molecule has 0 aromatic rings. The number of unbranched alkanes of at least 4 members (excludes halogenated alkanes) is 20. The number of quaternary nitrogens is 1. The Kier molecular flexibility index (Phi) is 58.4. The summed E-state index contributed by atoms with van der Waals surface area (Å²) in [6.45, 7) is 4.28. The molecule has 0 aliphatic heterocycles. The van der Waals surface area contributed by atoms with E-state index in [1.807, 2.05) is 21.1 Å². The highest BCUT2D eigenvalue weighted by Crippen LogP contribution is 2.43. The summed E-state index contributed by atoms with van der Waals surface area (Å²) in [4.78, 5) is 35.8. The number of hydrogen-bond donors (Lipinski definition) is 1. The lowest BCUT2D eigenvalue weighted by Crippen LogP contribution is -2.37. The van der Waals surface area contributed by atoms with Crippen molar-refractivity contribution in [2.45, 2.75) is 251 Å². The second kappa shape index (κ2) is 61.5. The molecule has 10 heteroatoms. The molecule has 2 unspecified atom stereocenters. The molecule has 0 heterocycles. The summed E-state index contributed by atoms with van der Waals surface area (Å²) < 4.78 is 34.6. The monoisotopic (exact) mass is 1160 g/mol. The molecule has 0 aromatic carbocycles. The topological polar surface area (TPSA) is 108 Å². The van der Waals surface area contributed by atoms with Gasteiger partial charge in [-0.2, -0.15) is 0 Å². The molecule has 2 atom stereocenters. The Bertz CT molecular complexity index is 1890. The fourth-order valence-corrected chi connectivity index (χ4v) is 9.11. The standard InChI is InChI=1S/C72H120NO8P/c1-6-8-10-12-14-16-18-20-22-24-26-28-30-31-32-33-34-35-36-37-38-39-40-41-43-45-47-49-51-53-55-57-59-61-63-65-72(75)81-70(69-80-82(76,77)79-67-66-73(3,4)5)68-78-71(74)64-62-60-58-56-54-52-50-48-46-44-42-29-27-25-23-21-19-17-15-13-11-9-7-2/h8,10,14,16,19-22,25-28,31-32,34-35,37-38,40-42,44-45,47,70H,6-7,9,11-13,15,17-18,23-24,29-30,33,36,39,43,46,48-69H2,1-5H3/p+1/b10-8-,16-14-,21-19-,22-20-,27-25-,28-26-,32-31-,35-34-,38-37-,41-40-,44-42-,47-45-. The molecule has 0 bridgehead atoms. The van der Waals surface area contributed by atoms with Gasteiger partial charge in [0.2, 0.25) is 0 Å². The first-order valence-corrected chi connectivity index (χ1v) is 34.1. The van der Waals surface area contributed by atoms with Crippen molar-refractivity contribution >= 4 is 19.8 Å². The highest BCUT2D eigenvalue weighted by Gasteiger charge is 2.27. The Morgan fingerprint density at radius 2 is 0.695 bits per heavy atom. The number of phosphoric acid groups is 1. The molecule has 0 radical (unpaired) electrons. The summed E-state index contributed by atoms with van der Waals surface area (Å²) in [6, 6.07) is 0. The van der Waals surface area contributed by atoms with Gasteiger partial charge in [-0.1, -0.05) is 256 Å². The van der Waals surface area contributed by atoms with Crippen LogP contribution in [0.4, 0.5) is 0 Å². The van der Waals surface area contributed by atoms with Gasteiger partial charge in [0.15, 0.2) is 6.10 Å². The number of nitrogens with zero attached hydrogens (tertiary/aromatic N) is 1. The molecule has 0 aromatic heterocycles. The molecule has 0 aliphatic carbocycles. The summed E-state index contributed by atoms with van der Waals surface area (Å²) in [5, 5.41) is 0. The average molecular weight is 1160 g/mol. The van der Waals surface area contributed by atoms with Gasteiger partial charge in [-0.3, -0.25) is 18.6 Å². The van der Waals surface area contributed by atoms with E-state index in [1.54, 1.807) is 0 Å². The minimum atomic E-state index is -4.41. The predicted octanol–water partition coefficient (Wildman–Crippen LogP) is 21.0. The first-order valence-electron chi connectivity index (χ1n) is 32.6. The van der Waals surface area contributed by atoms with Crippen molar-refractivity contribution in [3.63, 3.8) is 0 Å². The van der Waals surface area contributed by atoms with Crippen LogP contribution in [0.2, 0.25) is 0 Å². The van der Waals surface area contributed by atoms with Gasteiger partial charge in [-0.25, -0.2) is 4.57 Å². The minimum Gasteiger partial charge on any atom is -0.462 e. The van der Waals surface area contributed by atoms with Crippen LogP contribution in [0.3, 0.4) is 0 Å². The number of phosphoric ester groups is 1. The van der Waals surface area contributed by atoms with Gasteiger partial charge in [-0.05, 0) is 122 Å². The Morgan fingerprint density at radius 3 is 1.04 bits per heavy atom. The number of rotatable bonds is 58. The molecule has 0 saturated heterocycles. The lowest BCUT2D eigenvalue weighted by Gasteiger charge is -2.24. The first kappa shape index (κ1) is 77.9. The zero-order chi connectivity index (χ0) is 59.8. The summed E-state index contributed by atoms with van der Waals surface area (Å²) in [5.41, 5.74) is 0. The lowest BCUT2D eigenvalue weighted by atomic mass is 10.1. The average Bonchev–Trinajstić information content (AvgIpc) is 3.45. The van der Waals surface area contributed by atoms with Crippen molar-refractivity contribution < 1.29 is 42.1 Å². The van der Waals surface area contributed by atoms with E-state index in [0.29, 0.717) is 17.4 Å². The van der Waals surface area contributed by atoms with Crippen molar-refractivity contribution in [2.75, 3.05) is 47.5 Å². The summed E-state index contributed by atoms with van der Waals surface area (Å²) in [6.07, 6.45) is 90.6.